The largest absolute Gasteiger partial charge is 0.508 e. The highest BCUT2D eigenvalue weighted by Gasteiger charge is 2.38. The number of nitrogens with one attached hydrogen (secondary N) is 1. The lowest BCUT2D eigenvalue weighted by atomic mass is 9.87. The molecule has 27 heavy (non-hydrogen) atoms. The second-order valence-corrected chi connectivity index (χ2v) is 7.28. The molecule has 9 heteroatoms. The summed E-state index contributed by atoms with van der Waals surface area (Å²) in [6.45, 7) is 9.13. The molecule has 0 spiro atoms. The zero-order valence-electron chi connectivity index (χ0n) is 15.3. The van der Waals surface area contributed by atoms with Crippen molar-refractivity contribution in [1.29, 1.82) is 0 Å². The average Bonchev–Trinajstić information content (AvgIpc) is 2.91. The molecular weight excluding hydrogens is 361 g/mol. The fourth-order valence-electron chi connectivity index (χ4n) is 2.52. The first-order chi connectivity index (χ1) is 12.4. The van der Waals surface area contributed by atoms with Crippen LogP contribution >= 0.6 is 0 Å². The number of carbonyl (C=O) groups is 1. The lowest BCUT2D eigenvalue weighted by Crippen LogP contribution is -2.19. The third-order valence-corrected chi connectivity index (χ3v) is 3.60. The van der Waals surface area contributed by atoms with Crippen LogP contribution in [0.15, 0.2) is 30.9 Å². The third-order valence-electron chi connectivity index (χ3n) is 3.60. The number of hydrogen-bond donors (Lipinski definition) is 2. The number of allylic oxidation sites excluding steroid dienone is 1. The van der Waals surface area contributed by atoms with E-state index in [1.165, 1.54) is 24.3 Å². The van der Waals surface area contributed by atoms with E-state index in [0.717, 1.165) is 4.57 Å². The fraction of sp³-hybridized carbons (Fsp3) is 0.389. The van der Waals surface area contributed by atoms with Crippen molar-refractivity contribution in [3.05, 3.63) is 47.8 Å². The van der Waals surface area contributed by atoms with E-state index in [1.807, 2.05) is 20.8 Å². The molecule has 0 aliphatic heterocycles. The van der Waals surface area contributed by atoms with Crippen molar-refractivity contribution in [3.63, 3.8) is 0 Å². The summed E-state index contributed by atoms with van der Waals surface area (Å²) in [5.41, 5.74) is 0.630. The van der Waals surface area contributed by atoms with Crippen LogP contribution in [0, 0.1) is 5.41 Å². The van der Waals surface area contributed by atoms with Gasteiger partial charge in [0.05, 0.1) is 0 Å². The molecule has 1 heterocycles. The first kappa shape index (κ1) is 20.5. The molecule has 0 fully saturated rings. The molecule has 1 aromatic carbocycles. The molecule has 0 atom stereocenters. The molecule has 2 aromatic rings. The Hall–Kier alpha value is -2.84. The summed E-state index contributed by atoms with van der Waals surface area (Å²) in [7, 11) is 0. The minimum Gasteiger partial charge on any atom is -0.508 e. The second kappa shape index (κ2) is 7.42. The highest BCUT2D eigenvalue weighted by molar-refractivity contribution is 6.03. The van der Waals surface area contributed by atoms with Gasteiger partial charge in [0.2, 0.25) is 11.8 Å². The Morgan fingerprint density at radius 2 is 1.96 bits per heavy atom. The number of rotatable bonds is 5. The van der Waals surface area contributed by atoms with E-state index >= 15 is 0 Å². The highest BCUT2D eigenvalue weighted by Crippen LogP contribution is 2.30. The normalized spacial score (nSPS) is 12.1. The van der Waals surface area contributed by atoms with Gasteiger partial charge < -0.3 is 5.11 Å². The number of carbonyl (C=O) groups excluding carboxylic acids is 1. The zero-order chi connectivity index (χ0) is 20.4. The monoisotopic (exact) mass is 382 g/mol. The molecule has 0 radical (unpaired) electrons. The van der Waals surface area contributed by atoms with Crippen molar-refractivity contribution in [3.8, 4) is 5.75 Å². The van der Waals surface area contributed by atoms with Gasteiger partial charge in [-0.05, 0) is 35.6 Å². The molecule has 0 aliphatic carbocycles. The summed E-state index contributed by atoms with van der Waals surface area (Å²) in [6, 6.07) is 4.27. The van der Waals surface area contributed by atoms with Crippen molar-refractivity contribution >= 4 is 11.9 Å². The first-order valence-corrected chi connectivity index (χ1v) is 8.17. The molecule has 1 aromatic heterocycles. The number of nitrogens with zero attached hydrogens (tertiary/aromatic N) is 3. The third kappa shape index (κ3) is 5.08. The maximum atomic E-state index is 13.0. The van der Waals surface area contributed by atoms with Gasteiger partial charge in [-0.2, -0.15) is 13.2 Å². The average molecular weight is 382 g/mol. The molecule has 2 rings (SSSR count). The van der Waals surface area contributed by atoms with E-state index in [4.69, 9.17) is 0 Å². The first-order valence-electron chi connectivity index (χ1n) is 8.17. The number of phenols is 1. The lowest BCUT2D eigenvalue weighted by Gasteiger charge is -2.19. The van der Waals surface area contributed by atoms with Crippen LogP contribution in [0.3, 0.4) is 0 Å². The zero-order valence-corrected chi connectivity index (χ0v) is 15.3. The number of halogens is 3. The molecular formula is C18H21F3N4O2. The van der Waals surface area contributed by atoms with Crippen molar-refractivity contribution in [2.75, 3.05) is 5.32 Å². The highest BCUT2D eigenvalue weighted by atomic mass is 19.4. The topological polar surface area (TPSA) is 80.0 Å². The van der Waals surface area contributed by atoms with E-state index in [1.54, 1.807) is 0 Å². The number of hydrogen-bond acceptors (Lipinski definition) is 4. The molecule has 1 amide bonds. The number of aromatic hydroxyl groups is 1. The van der Waals surface area contributed by atoms with Crippen LogP contribution in [-0.4, -0.2) is 25.8 Å². The Morgan fingerprint density at radius 1 is 1.30 bits per heavy atom. The van der Waals surface area contributed by atoms with Crippen molar-refractivity contribution in [2.45, 2.75) is 39.9 Å². The summed E-state index contributed by atoms with van der Waals surface area (Å²) >= 11 is 0. The number of anilines is 1. The van der Waals surface area contributed by atoms with Gasteiger partial charge in [-0.3, -0.25) is 14.7 Å². The predicted octanol–water partition coefficient (Wildman–Crippen LogP) is 4.03. The van der Waals surface area contributed by atoms with Crippen LogP contribution in [0.4, 0.5) is 19.1 Å². The Labute approximate surface area is 154 Å². The van der Waals surface area contributed by atoms with Crippen molar-refractivity contribution < 1.29 is 23.1 Å². The molecule has 0 unspecified atom stereocenters. The van der Waals surface area contributed by atoms with E-state index in [-0.39, 0.29) is 29.2 Å². The van der Waals surface area contributed by atoms with E-state index in [0.29, 0.717) is 12.0 Å². The number of phenolic OH excluding ortho intramolecular Hbond substituents is 1. The lowest BCUT2D eigenvalue weighted by molar-refractivity contribution is -0.147. The van der Waals surface area contributed by atoms with Crippen LogP contribution in [0.2, 0.25) is 0 Å². The predicted molar refractivity (Wildman–Crippen MR) is 94.4 cm³/mol. The van der Waals surface area contributed by atoms with Gasteiger partial charge in [-0.25, -0.2) is 0 Å². The smallest absolute Gasteiger partial charge is 0.451 e. The van der Waals surface area contributed by atoms with Gasteiger partial charge in [0.25, 0.3) is 5.91 Å². The molecule has 0 saturated heterocycles. The summed E-state index contributed by atoms with van der Waals surface area (Å²) in [4.78, 5) is 12.5. The summed E-state index contributed by atoms with van der Waals surface area (Å²) < 4.78 is 39.7. The SMILES string of the molecule is C=CCn1c(NC(=O)c2ccc(O)c(CC(C)(C)C)c2)nnc1C(F)(F)F. The van der Waals surface area contributed by atoms with Gasteiger partial charge in [0, 0.05) is 12.1 Å². The Kier molecular flexibility index (Phi) is 5.62. The maximum Gasteiger partial charge on any atom is 0.451 e. The van der Waals surface area contributed by atoms with Crippen LogP contribution in [0.5, 0.6) is 5.75 Å². The van der Waals surface area contributed by atoms with Crippen molar-refractivity contribution in [2.24, 2.45) is 5.41 Å². The molecule has 0 bridgehead atoms. The molecule has 2 N–H and O–H groups in total. The van der Waals surface area contributed by atoms with Crippen LogP contribution in [0.1, 0.15) is 42.5 Å². The molecule has 0 aliphatic rings. The number of alkyl halides is 3. The molecule has 146 valence electrons. The fourth-order valence-corrected chi connectivity index (χ4v) is 2.52. The van der Waals surface area contributed by atoms with Gasteiger partial charge in [0.15, 0.2) is 0 Å². The van der Waals surface area contributed by atoms with Gasteiger partial charge in [-0.1, -0.05) is 26.8 Å². The minimum absolute atomic E-state index is 0.0515. The quantitative estimate of drug-likeness (QED) is 0.765. The van der Waals surface area contributed by atoms with E-state index in [9.17, 15) is 23.1 Å². The Bertz CT molecular complexity index is 851. The number of benzene rings is 1. The van der Waals surface area contributed by atoms with Gasteiger partial charge in [0.1, 0.15) is 5.75 Å². The van der Waals surface area contributed by atoms with E-state index < -0.39 is 17.9 Å². The van der Waals surface area contributed by atoms with Gasteiger partial charge in [-0.15, -0.1) is 16.8 Å². The van der Waals surface area contributed by atoms with Crippen molar-refractivity contribution in [1.82, 2.24) is 14.8 Å². The second-order valence-electron chi connectivity index (χ2n) is 7.28. The van der Waals surface area contributed by atoms with Gasteiger partial charge >= 0.3 is 6.18 Å². The Morgan fingerprint density at radius 3 is 2.52 bits per heavy atom. The molecule has 0 saturated carbocycles. The summed E-state index contributed by atoms with van der Waals surface area (Å²) in [6.07, 6.45) is -2.95. The van der Waals surface area contributed by atoms with Crippen LogP contribution < -0.4 is 5.32 Å². The number of aromatic nitrogens is 3. The standard InChI is InChI=1S/C18H21F3N4O2/c1-5-8-25-15(18(19,20)21)23-24-16(25)22-14(27)11-6-7-13(26)12(9-11)10-17(2,3)4/h5-7,9,26H,1,8,10H2,2-4H3,(H,22,24,27). The summed E-state index contributed by atoms with van der Waals surface area (Å²) in [5.74, 6) is -2.17. The Balaban J connectivity index is 2.31. The number of amides is 1. The van der Waals surface area contributed by atoms with E-state index in [2.05, 4.69) is 22.1 Å². The van der Waals surface area contributed by atoms with Crippen LogP contribution in [0.25, 0.3) is 0 Å². The minimum atomic E-state index is -4.71. The summed E-state index contributed by atoms with van der Waals surface area (Å²) in [5, 5.41) is 18.9. The maximum absolute atomic E-state index is 13.0. The van der Waals surface area contributed by atoms with Crippen LogP contribution in [-0.2, 0) is 19.1 Å². The molecule has 6 nitrogen and oxygen atoms in total.